The van der Waals surface area contributed by atoms with Crippen LogP contribution in [-0.2, 0) is 0 Å². The molecular weight excluding hydrogens is 188 g/mol. The predicted octanol–water partition coefficient (Wildman–Crippen LogP) is 1.88. The van der Waals surface area contributed by atoms with Gasteiger partial charge >= 0.3 is 0 Å². The van der Waals surface area contributed by atoms with E-state index >= 15 is 0 Å². The minimum absolute atomic E-state index is 0.0170. The second kappa shape index (κ2) is 4.17. The Bertz CT molecular complexity index is 410. The molecule has 0 aliphatic carbocycles. The second-order valence-electron chi connectivity index (χ2n) is 3.44. The minimum atomic E-state index is -0.0170. The van der Waals surface area contributed by atoms with E-state index in [4.69, 9.17) is 0 Å². The lowest BCUT2D eigenvalue weighted by molar-refractivity contribution is 0.0956. The van der Waals surface area contributed by atoms with E-state index in [1.807, 2.05) is 25.1 Å². The van der Waals surface area contributed by atoms with Crippen LogP contribution in [0.3, 0.4) is 0 Å². The second-order valence-corrected chi connectivity index (χ2v) is 3.44. The molecule has 0 bridgehead atoms. The quantitative estimate of drug-likeness (QED) is 0.768. The molecular formula is C12H14N2O. The number of rotatable bonds is 2. The average Bonchev–Trinajstić information content (AvgIpc) is 2.29. The van der Waals surface area contributed by atoms with Gasteiger partial charge in [-0.05, 0) is 24.6 Å². The first kappa shape index (κ1) is 9.77. The highest BCUT2D eigenvalue weighted by atomic mass is 16.1. The third kappa shape index (κ3) is 2.01. The summed E-state index contributed by atoms with van der Waals surface area (Å²) in [5, 5.41) is 6.02. The number of nitrogens with one attached hydrogen (secondary N) is 2. The largest absolute Gasteiger partial charge is 0.381 e. The third-order valence-corrected chi connectivity index (χ3v) is 2.36. The van der Waals surface area contributed by atoms with E-state index in [-0.39, 0.29) is 5.91 Å². The number of amides is 1. The van der Waals surface area contributed by atoms with E-state index in [1.165, 1.54) is 0 Å². The van der Waals surface area contributed by atoms with Gasteiger partial charge in [0.15, 0.2) is 0 Å². The number of hydrogen-bond acceptors (Lipinski definition) is 2. The number of carbonyl (C=O) groups is 1. The number of hydrogen-bond donors (Lipinski definition) is 2. The normalized spacial score (nSPS) is 12.9. The summed E-state index contributed by atoms with van der Waals surface area (Å²) in [6.07, 6.45) is 4.13. The molecule has 1 heterocycles. The van der Waals surface area contributed by atoms with Crippen LogP contribution >= 0.6 is 0 Å². The summed E-state index contributed by atoms with van der Waals surface area (Å²) in [5.74, 6) is -0.0170. The van der Waals surface area contributed by atoms with E-state index in [9.17, 15) is 4.79 Å². The van der Waals surface area contributed by atoms with Crippen molar-refractivity contribution in [1.82, 2.24) is 5.32 Å². The molecule has 0 unspecified atom stereocenters. The van der Waals surface area contributed by atoms with Crippen LogP contribution in [0.1, 0.15) is 22.8 Å². The van der Waals surface area contributed by atoms with Crippen molar-refractivity contribution in [2.24, 2.45) is 0 Å². The summed E-state index contributed by atoms with van der Waals surface area (Å²) in [6.45, 7) is 3.40. The number of fused-ring (bicyclic) bond motifs is 1. The maximum Gasteiger partial charge on any atom is 0.251 e. The van der Waals surface area contributed by atoms with Crippen molar-refractivity contribution in [2.75, 3.05) is 18.4 Å². The molecule has 1 amide bonds. The predicted molar refractivity (Wildman–Crippen MR) is 62.0 cm³/mol. The van der Waals surface area contributed by atoms with Crippen LogP contribution in [-0.4, -0.2) is 19.0 Å². The van der Waals surface area contributed by atoms with Gasteiger partial charge in [-0.1, -0.05) is 18.2 Å². The molecule has 0 fully saturated rings. The Kier molecular flexibility index (Phi) is 2.72. The number of benzene rings is 1. The molecule has 0 saturated heterocycles. The van der Waals surface area contributed by atoms with Crippen molar-refractivity contribution in [1.29, 1.82) is 0 Å². The molecule has 1 aromatic rings. The fourth-order valence-corrected chi connectivity index (χ4v) is 1.61. The SMILES string of the molecule is CCNC(=O)c1ccc2c(c1)NCC=C2. The van der Waals surface area contributed by atoms with E-state index in [0.717, 1.165) is 17.8 Å². The molecule has 3 heteroatoms. The summed E-state index contributed by atoms with van der Waals surface area (Å²) in [6, 6.07) is 5.70. The van der Waals surface area contributed by atoms with Crippen LogP contribution in [0.4, 0.5) is 5.69 Å². The first-order valence-corrected chi connectivity index (χ1v) is 5.14. The zero-order valence-corrected chi connectivity index (χ0v) is 8.71. The van der Waals surface area contributed by atoms with E-state index < -0.39 is 0 Å². The zero-order valence-electron chi connectivity index (χ0n) is 8.71. The molecule has 1 aliphatic heterocycles. The Labute approximate surface area is 89.2 Å². The summed E-state index contributed by atoms with van der Waals surface area (Å²) in [4.78, 5) is 11.6. The Balaban J connectivity index is 2.28. The standard InChI is InChI=1S/C12H14N2O/c1-2-13-12(15)10-6-5-9-4-3-7-14-11(9)8-10/h3-6,8,14H,2,7H2,1H3,(H,13,15). The molecule has 0 radical (unpaired) electrons. The third-order valence-electron chi connectivity index (χ3n) is 2.36. The molecule has 1 aliphatic rings. The van der Waals surface area contributed by atoms with Crippen LogP contribution in [0.15, 0.2) is 24.3 Å². The summed E-state index contributed by atoms with van der Waals surface area (Å²) >= 11 is 0. The van der Waals surface area contributed by atoms with Gasteiger partial charge in [0.2, 0.25) is 0 Å². The summed E-state index contributed by atoms with van der Waals surface area (Å²) < 4.78 is 0. The smallest absolute Gasteiger partial charge is 0.251 e. The van der Waals surface area contributed by atoms with E-state index in [1.54, 1.807) is 0 Å². The molecule has 1 aromatic carbocycles. The lowest BCUT2D eigenvalue weighted by Gasteiger charge is -2.13. The highest BCUT2D eigenvalue weighted by Gasteiger charge is 2.08. The van der Waals surface area contributed by atoms with Gasteiger partial charge in [-0.15, -0.1) is 0 Å². The van der Waals surface area contributed by atoms with Crippen LogP contribution in [0.2, 0.25) is 0 Å². The molecule has 15 heavy (non-hydrogen) atoms. The highest BCUT2D eigenvalue weighted by Crippen LogP contribution is 2.21. The molecule has 0 aromatic heterocycles. The van der Waals surface area contributed by atoms with Gasteiger partial charge in [-0.25, -0.2) is 0 Å². The average molecular weight is 202 g/mol. The van der Waals surface area contributed by atoms with Crippen LogP contribution in [0.5, 0.6) is 0 Å². The lowest BCUT2D eigenvalue weighted by Crippen LogP contribution is -2.22. The maximum absolute atomic E-state index is 11.6. The van der Waals surface area contributed by atoms with Gasteiger partial charge in [0.1, 0.15) is 0 Å². The topological polar surface area (TPSA) is 41.1 Å². The summed E-state index contributed by atoms with van der Waals surface area (Å²) in [5.41, 5.74) is 2.87. The van der Waals surface area contributed by atoms with Crippen LogP contribution < -0.4 is 10.6 Å². The van der Waals surface area contributed by atoms with Gasteiger partial charge < -0.3 is 10.6 Å². The molecule has 0 atom stereocenters. The molecule has 0 saturated carbocycles. The van der Waals surface area contributed by atoms with Crippen LogP contribution in [0.25, 0.3) is 6.08 Å². The zero-order chi connectivity index (χ0) is 10.7. The fourth-order valence-electron chi connectivity index (χ4n) is 1.61. The first-order valence-electron chi connectivity index (χ1n) is 5.14. The van der Waals surface area contributed by atoms with Crippen molar-refractivity contribution >= 4 is 17.7 Å². The molecule has 2 N–H and O–H groups in total. The van der Waals surface area contributed by atoms with Crippen molar-refractivity contribution < 1.29 is 4.79 Å². The lowest BCUT2D eigenvalue weighted by atomic mass is 10.1. The molecule has 0 spiro atoms. The Morgan fingerprint density at radius 3 is 3.20 bits per heavy atom. The molecule has 3 nitrogen and oxygen atoms in total. The Morgan fingerprint density at radius 2 is 2.40 bits per heavy atom. The van der Waals surface area contributed by atoms with Gasteiger partial charge in [0, 0.05) is 24.3 Å². The van der Waals surface area contributed by atoms with E-state index in [0.29, 0.717) is 12.1 Å². The number of carbonyl (C=O) groups excluding carboxylic acids is 1. The van der Waals surface area contributed by atoms with Gasteiger partial charge in [-0.2, -0.15) is 0 Å². The Hall–Kier alpha value is -1.77. The molecule has 78 valence electrons. The van der Waals surface area contributed by atoms with Crippen molar-refractivity contribution in [2.45, 2.75) is 6.92 Å². The Morgan fingerprint density at radius 1 is 1.53 bits per heavy atom. The number of anilines is 1. The van der Waals surface area contributed by atoms with Crippen molar-refractivity contribution in [3.8, 4) is 0 Å². The highest BCUT2D eigenvalue weighted by molar-refractivity contribution is 5.96. The van der Waals surface area contributed by atoms with Gasteiger partial charge in [-0.3, -0.25) is 4.79 Å². The van der Waals surface area contributed by atoms with Crippen molar-refractivity contribution in [3.63, 3.8) is 0 Å². The van der Waals surface area contributed by atoms with E-state index in [2.05, 4.69) is 22.8 Å². The fraction of sp³-hybridized carbons (Fsp3) is 0.250. The van der Waals surface area contributed by atoms with Gasteiger partial charge in [0.25, 0.3) is 5.91 Å². The minimum Gasteiger partial charge on any atom is -0.381 e. The first-order chi connectivity index (χ1) is 7.31. The molecule has 2 rings (SSSR count). The van der Waals surface area contributed by atoms with Gasteiger partial charge in [0.05, 0.1) is 0 Å². The summed E-state index contributed by atoms with van der Waals surface area (Å²) in [7, 11) is 0. The monoisotopic (exact) mass is 202 g/mol. The maximum atomic E-state index is 11.6. The van der Waals surface area contributed by atoms with Crippen LogP contribution in [0, 0.1) is 0 Å². The van der Waals surface area contributed by atoms with Crippen molar-refractivity contribution in [3.05, 3.63) is 35.4 Å².